The average Bonchev–Trinajstić information content (AvgIpc) is 1.59. The molecule has 0 amide bonds. The molecule has 25 rings (SSSR count). The van der Waals surface area contributed by atoms with Gasteiger partial charge in [-0.1, -0.05) is 392 Å². The molecule has 0 aliphatic heterocycles. The maximum absolute atomic E-state index is 2.40. The smallest absolute Gasteiger partial charge is 0.0541 e. The van der Waals surface area contributed by atoms with Crippen LogP contribution in [0.3, 0.4) is 0 Å². The number of rotatable bonds is 17. The van der Waals surface area contributed by atoms with Gasteiger partial charge in [0.15, 0.2) is 0 Å². The summed E-state index contributed by atoms with van der Waals surface area (Å²) in [4.78, 5) is 4.67. The predicted molar refractivity (Wildman–Crippen MR) is 575 cm³/mol. The van der Waals surface area contributed by atoms with Crippen LogP contribution in [0.25, 0.3) is 177 Å². The van der Waals surface area contributed by atoms with E-state index in [2.05, 4.69) is 556 Å². The second-order valence-corrected chi connectivity index (χ2v) is 37.1. The lowest BCUT2D eigenvalue weighted by atomic mass is 9.81. The topological polar surface area (TPSA) is 16.3 Å². The molecule has 0 bridgehead atoms. The van der Waals surface area contributed by atoms with Gasteiger partial charge in [-0.05, 0) is 290 Å². The van der Waals surface area contributed by atoms with Crippen LogP contribution < -0.4 is 9.80 Å². The van der Waals surface area contributed by atoms with Gasteiger partial charge in [-0.15, -0.1) is 0 Å². The van der Waals surface area contributed by atoms with Crippen LogP contribution in [0, 0.1) is 0 Å². The Balaban J connectivity index is 0.000000149. The molecule has 21 aromatic carbocycles. The molecule has 4 nitrogen and oxygen atoms in total. The van der Waals surface area contributed by atoms with Crippen LogP contribution in [-0.2, 0) is 10.8 Å². The van der Waals surface area contributed by atoms with Crippen molar-refractivity contribution in [1.29, 1.82) is 0 Å². The average molecular weight is 1740 g/mol. The van der Waals surface area contributed by atoms with Gasteiger partial charge in [0.25, 0.3) is 0 Å². The molecule has 0 saturated heterocycles. The molecule has 2 heterocycles. The van der Waals surface area contributed by atoms with Crippen molar-refractivity contribution in [3.63, 3.8) is 0 Å². The summed E-state index contributed by atoms with van der Waals surface area (Å²) >= 11 is 0. The second-order valence-electron chi connectivity index (χ2n) is 37.1. The summed E-state index contributed by atoms with van der Waals surface area (Å²) in [5, 5.41) is 5.05. The Labute approximate surface area is 795 Å². The number of para-hydroxylation sites is 6. The van der Waals surface area contributed by atoms with Gasteiger partial charge in [0.05, 0.1) is 22.1 Å². The van der Waals surface area contributed by atoms with Gasteiger partial charge in [0.1, 0.15) is 0 Å². The van der Waals surface area contributed by atoms with Crippen molar-refractivity contribution in [2.45, 2.75) is 38.5 Å². The summed E-state index contributed by atoms with van der Waals surface area (Å²) in [5.41, 5.74) is 46.6. The lowest BCUT2D eigenvalue weighted by Gasteiger charge is -2.26. The van der Waals surface area contributed by atoms with Crippen molar-refractivity contribution in [2.75, 3.05) is 9.80 Å². The number of fused-ring (bicyclic) bond motifs is 12. The lowest BCUT2D eigenvalue weighted by Crippen LogP contribution is -2.14. The molecule has 136 heavy (non-hydrogen) atoms. The quantitative estimate of drug-likeness (QED) is 0.0903. The van der Waals surface area contributed by atoms with Gasteiger partial charge in [-0.2, -0.15) is 0 Å². The van der Waals surface area contributed by atoms with Crippen molar-refractivity contribution >= 4 is 77.7 Å². The number of anilines is 6. The highest BCUT2D eigenvalue weighted by molar-refractivity contribution is 6.12. The van der Waals surface area contributed by atoms with Gasteiger partial charge in [-0.3, -0.25) is 0 Å². The first-order valence-electron chi connectivity index (χ1n) is 47.2. The molecule has 2 aromatic heterocycles. The third-order valence-electron chi connectivity index (χ3n) is 28.5. The Hall–Kier alpha value is -17.2. The summed E-state index contributed by atoms with van der Waals surface area (Å²) in [6, 6.07) is 186. The molecular weight excluding hydrogens is 1640 g/mol. The second kappa shape index (κ2) is 34.2. The standard InChI is InChI=1S/C69H50N2.C63H46N2/c1-69(2)65-19-11-9-17-61(65)62-43-37-56(46-66(62)69)54-35-41-60(42-36-54)70(57-13-5-3-6-14-57)59-39-33-52(34-40-59)51-27-25-48(26-28-51)47-21-23-49(24-22-47)50-29-31-53(32-30-50)55-38-44-68-64(45-55)63-18-10-12-20-67(63)71(68)58-15-7-4-8-16-58;1-63(2)59-19-11-9-17-55(59)56-39-33-50(42-60(56)63)48-31-37-54(38-32-48)64(51-13-5-3-6-14-51)53-35-29-46(30-36-53)45-23-21-43(22-24-45)44-25-27-47(28-26-44)49-34-40-62-58(41-49)57-18-10-12-20-61(57)65(62)52-15-7-4-8-16-52/h3-46H,1-2H3;3-42H,1-2H3. The van der Waals surface area contributed by atoms with Crippen LogP contribution in [0.5, 0.6) is 0 Å². The normalized spacial score (nSPS) is 12.5. The molecule has 2 aliphatic rings. The first-order chi connectivity index (χ1) is 66.9. The fourth-order valence-electron chi connectivity index (χ4n) is 21.3. The van der Waals surface area contributed by atoms with Crippen molar-refractivity contribution in [3.8, 4) is 134 Å². The lowest BCUT2D eigenvalue weighted by molar-refractivity contribution is 0.660. The predicted octanol–water partition coefficient (Wildman–Crippen LogP) is 36.1. The number of aromatic nitrogens is 2. The largest absolute Gasteiger partial charge is 0.311 e. The van der Waals surface area contributed by atoms with E-state index in [1.54, 1.807) is 0 Å². The summed E-state index contributed by atoms with van der Waals surface area (Å²) in [6.07, 6.45) is 0. The number of hydrogen-bond donors (Lipinski definition) is 0. The minimum atomic E-state index is -0.0315. The Morgan fingerprint density at radius 2 is 0.346 bits per heavy atom. The highest BCUT2D eigenvalue weighted by atomic mass is 15.1. The van der Waals surface area contributed by atoms with E-state index >= 15 is 0 Å². The zero-order chi connectivity index (χ0) is 91.0. The zero-order valence-electron chi connectivity index (χ0n) is 76.3. The third-order valence-corrected chi connectivity index (χ3v) is 28.5. The monoisotopic (exact) mass is 1740 g/mol. The molecule has 0 atom stereocenters. The van der Waals surface area contributed by atoms with Crippen LogP contribution in [0.1, 0.15) is 49.9 Å². The third kappa shape index (κ3) is 14.9. The zero-order valence-corrected chi connectivity index (χ0v) is 76.3. The molecule has 23 aromatic rings. The molecule has 0 fully saturated rings. The Kier molecular flexibility index (Phi) is 20.6. The van der Waals surface area contributed by atoms with Crippen LogP contribution in [0.4, 0.5) is 34.1 Å². The fourth-order valence-corrected chi connectivity index (χ4v) is 21.3. The van der Waals surface area contributed by atoms with Crippen molar-refractivity contribution in [2.24, 2.45) is 0 Å². The summed E-state index contributed by atoms with van der Waals surface area (Å²) in [5.74, 6) is 0. The molecule has 0 saturated carbocycles. The van der Waals surface area contributed by atoms with Gasteiger partial charge in [0.2, 0.25) is 0 Å². The van der Waals surface area contributed by atoms with Gasteiger partial charge >= 0.3 is 0 Å². The first-order valence-corrected chi connectivity index (χ1v) is 47.2. The van der Waals surface area contributed by atoms with Crippen LogP contribution in [0.15, 0.2) is 510 Å². The van der Waals surface area contributed by atoms with Gasteiger partial charge < -0.3 is 18.9 Å². The van der Waals surface area contributed by atoms with Crippen LogP contribution in [-0.4, -0.2) is 9.13 Å². The Bertz CT molecular complexity index is 8390. The molecule has 4 heteroatoms. The van der Waals surface area contributed by atoms with E-state index < -0.39 is 0 Å². The number of hydrogen-bond acceptors (Lipinski definition) is 2. The van der Waals surface area contributed by atoms with Gasteiger partial charge in [0, 0.05) is 77.9 Å². The van der Waals surface area contributed by atoms with E-state index in [0.717, 1.165) is 34.1 Å². The fraction of sp³-hybridized carbons (Fsp3) is 0.0455. The maximum Gasteiger partial charge on any atom is 0.0541 e. The van der Waals surface area contributed by atoms with E-state index in [9.17, 15) is 0 Å². The maximum atomic E-state index is 2.40. The minimum absolute atomic E-state index is 0.0291. The minimum Gasteiger partial charge on any atom is -0.311 e. The summed E-state index contributed by atoms with van der Waals surface area (Å²) in [7, 11) is 0. The SMILES string of the molecule is CC1(C)c2ccccc2-c2ccc(-c3ccc(N(c4ccccc4)c4ccc(-c5ccc(-c6ccc(-c7ccc(-c8ccc9c(c8)c8ccccc8n9-c8ccccc8)cc7)cc6)cc5)cc4)cc3)cc21.CC1(C)c2ccccc2-c2ccc(-c3ccc(N(c4ccccc4)c4ccc(-c5ccc(-c6ccc(-c7ccc8c(c7)c7ccccc7n8-c7ccccc7)cc6)cc5)cc4)cc3)cc21. The number of benzene rings is 21. The van der Waals surface area contributed by atoms with E-state index in [4.69, 9.17) is 0 Å². The van der Waals surface area contributed by atoms with Crippen molar-refractivity contribution in [1.82, 2.24) is 9.13 Å². The van der Waals surface area contributed by atoms with E-state index in [1.165, 1.54) is 200 Å². The van der Waals surface area contributed by atoms with Crippen LogP contribution >= 0.6 is 0 Å². The van der Waals surface area contributed by atoms with Crippen molar-refractivity contribution in [3.05, 3.63) is 532 Å². The Morgan fingerprint density at radius 1 is 0.147 bits per heavy atom. The highest BCUT2D eigenvalue weighted by Crippen LogP contribution is 2.53. The highest BCUT2D eigenvalue weighted by Gasteiger charge is 2.37. The van der Waals surface area contributed by atoms with E-state index in [-0.39, 0.29) is 10.8 Å². The van der Waals surface area contributed by atoms with Gasteiger partial charge in [-0.25, -0.2) is 0 Å². The molecule has 0 unspecified atom stereocenters. The first kappa shape index (κ1) is 82.0. The molecule has 0 spiro atoms. The molecule has 0 N–H and O–H groups in total. The summed E-state index contributed by atoms with van der Waals surface area (Å²) in [6.45, 7) is 9.38. The van der Waals surface area contributed by atoms with E-state index in [0.29, 0.717) is 0 Å². The molecule has 0 radical (unpaired) electrons. The molecule has 2 aliphatic carbocycles. The number of nitrogens with zero attached hydrogens (tertiary/aromatic N) is 4. The molecule has 644 valence electrons. The Morgan fingerprint density at radius 3 is 0.640 bits per heavy atom. The summed E-state index contributed by atoms with van der Waals surface area (Å²) < 4.78 is 4.73. The molecular formula is C132H96N4. The van der Waals surface area contributed by atoms with E-state index in [1.807, 2.05) is 0 Å². The van der Waals surface area contributed by atoms with Crippen molar-refractivity contribution < 1.29 is 0 Å². The van der Waals surface area contributed by atoms with Crippen LogP contribution in [0.2, 0.25) is 0 Å².